The molecule has 2 unspecified atom stereocenters. The van der Waals surface area contributed by atoms with Gasteiger partial charge in [0.25, 0.3) is 0 Å². The van der Waals surface area contributed by atoms with Gasteiger partial charge in [0.1, 0.15) is 0 Å². The number of rotatable bonds is 6. The van der Waals surface area contributed by atoms with Crippen molar-refractivity contribution in [1.82, 2.24) is 5.32 Å². The summed E-state index contributed by atoms with van der Waals surface area (Å²) in [6.45, 7) is 4.33. The zero-order chi connectivity index (χ0) is 14.8. The van der Waals surface area contributed by atoms with E-state index in [1.54, 1.807) is 0 Å². The van der Waals surface area contributed by atoms with Crippen LogP contribution in [0.1, 0.15) is 71.1 Å². The summed E-state index contributed by atoms with van der Waals surface area (Å²) in [7, 11) is 0. The van der Waals surface area contributed by atoms with E-state index < -0.39 is 0 Å². The van der Waals surface area contributed by atoms with E-state index in [0.717, 1.165) is 13.2 Å². The number of aliphatic hydroxyl groups excluding tert-OH is 1. The van der Waals surface area contributed by atoms with E-state index in [9.17, 15) is 5.11 Å². The predicted octanol–water partition coefficient (Wildman–Crippen LogP) is 3.26. The summed E-state index contributed by atoms with van der Waals surface area (Å²) in [5, 5.41) is 13.7. The van der Waals surface area contributed by atoms with E-state index in [0.29, 0.717) is 24.2 Å². The summed E-state index contributed by atoms with van der Waals surface area (Å²) in [6, 6.07) is 0.627. The molecule has 3 aliphatic carbocycles. The van der Waals surface area contributed by atoms with Crippen LogP contribution in [-0.4, -0.2) is 37.0 Å². The Labute approximate surface area is 129 Å². The summed E-state index contributed by atoms with van der Waals surface area (Å²) in [4.78, 5) is 0. The molecule has 21 heavy (non-hydrogen) atoms. The third kappa shape index (κ3) is 2.89. The van der Waals surface area contributed by atoms with Gasteiger partial charge in [-0.15, -0.1) is 0 Å². The first kappa shape index (κ1) is 15.8. The van der Waals surface area contributed by atoms with Gasteiger partial charge in [-0.3, -0.25) is 0 Å². The van der Waals surface area contributed by atoms with Crippen molar-refractivity contribution in [2.75, 3.05) is 19.8 Å². The Kier molecular flexibility index (Phi) is 4.92. The molecular formula is C18H33NO2. The molecule has 3 heteroatoms. The van der Waals surface area contributed by atoms with Crippen LogP contribution in [0.25, 0.3) is 0 Å². The third-order valence-corrected chi connectivity index (χ3v) is 6.66. The second-order valence-electron chi connectivity index (χ2n) is 7.77. The van der Waals surface area contributed by atoms with Crippen LogP contribution >= 0.6 is 0 Å². The predicted molar refractivity (Wildman–Crippen MR) is 85.3 cm³/mol. The van der Waals surface area contributed by atoms with Crippen LogP contribution in [0.15, 0.2) is 0 Å². The first-order valence-electron chi connectivity index (χ1n) is 9.21. The molecule has 3 saturated carbocycles. The monoisotopic (exact) mass is 295 g/mol. The molecule has 0 aromatic carbocycles. The third-order valence-electron chi connectivity index (χ3n) is 6.66. The van der Waals surface area contributed by atoms with Gasteiger partial charge in [-0.25, -0.2) is 0 Å². The maximum Gasteiger partial charge on any atom is 0.0661 e. The van der Waals surface area contributed by atoms with Crippen LogP contribution in [0, 0.1) is 10.8 Å². The fourth-order valence-electron chi connectivity index (χ4n) is 5.21. The van der Waals surface area contributed by atoms with Crippen molar-refractivity contribution in [3.8, 4) is 0 Å². The van der Waals surface area contributed by atoms with E-state index in [2.05, 4.69) is 12.2 Å². The molecular weight excluding hydrogens is 262 g/mol. The highest BCUT2D eigenvalue weighted by molar-refractivity contribution is 5.10. The minimum atomic E-state index is 0.161. The second kappa shape index (κ2) is 6.55. The molecule has 0 aromatic rings. The molecule has 3 fully saturated rings. The second-order valence-corrected chi connectivity index (χ2v) is 7.77. The molecule has 3 aliphatic rings. The lowest BCUT2D eigenvalue weighted by Gasteiger charge is -2.55. The topological polar surface area (TPSA) is 41.5 Å². The van der Waals surface area contributed by atoms with Crippen molar-refractivity contribution in [2.45, 2.75) is 83.3 Å². The molecule has 2 N–H and O–H groups in total. The summed E-state index contributed by atoms with van der Waals surface area (Å²) < 4.78 is 6.00. The molecule has 0 saturated heterocycles. The summed E-state index contributed by atoms with van der Waals surface area (Å²) in [5.41, 5.74) is 0.579. The molecule has 0 amide bonds. The van der Waals surface area contributed by atoms with Crippen LogP contribution in [0.5, 0.6) is 0 Å². The minimum Gasteiger partial charge on any atom is -0.396 e. The Morgan fingerprint density at radius 1 is 1.05 bits per heavy atom. The Hall–Kier alpha value is -0.120. The van der Waals surface area contributed by atoms with Crippen LogP contribution in [0.2, 0.25) is 0 Å². The molecule has 0 aromatic heterocycles. The van der Waals surface area contributed by atoms with E-state index in [-0.39, 0.29) is 5.41 Å². The molecule has 0 radical (unpaired) electrons. The van der Waals surface area contributed by atoms with E-state index in [4.69, 9.17) is 4.74 Å². The van der Waals surface area contributed by atoms with Crippen molar-refractivity contribution in [1.29, 1.82) is 0 Å². The van der Waals surface area contributed by atoms with Crippen molar-refractivity contribution in [3.05, 3.63) is 0 Å². The maximum atomic E-state index is 9.87. The van der Waals surface area contributed by atoms with Crippen molar-refractivity contribution in [2.24, 2.45) is 10.8 Å². The summed E-state index contributed by atoms with van der Waals surface area (Å²) >= 11 is 0. The van der Waals surface area contributed by atoms with Crippen LogP contribution < -0.4 is 5.32 Å². The normalized spacial score (nSPS) is 34.0. The molecule has 122 valence electrons. The molecule has 2 atom stereocenters. The van der Waals surface area contributed by atoms with E-state index in [1.807, 2.05) is 0 Å². The Morgan fingerprint density at radius 2 is 1.71 bits per heavy atom. The number of hydrogen-bond donors (Lipinski definition) is 2. The number of nitrogens with one attached hydrogen (secondary N) is 1. The van der Waals surface area contributed by atoms with Gasteiger partial charge in [0, 0.05) is 36.6 Å². The lowest BCUT2D eigenvalue weighted by molar-refractivity contribution is -0.133. The van der Waals surface area contributed by atoms with Gasteiger partial charge in [0.05, 0.1) is 6.10 Å². The van der Waals surface area contributed by atoms with Gasteiger partial charge in [-0.05, 0) is 39.0 Å². The van der Waals surface area contributed by atoms with Gasteiger partial charge < -0.3 is 15.2 Å². The Balaban J connectivity index is 1.57. The highest BCUT2D eigenvalue weighted by Crippen LogP contribution is 2.55. The van der Waals surface area contributed by atoms with Gasteiger partial charge in [-0.2, -0.15) is 0 Å². The maximum absolute atomic E-state index is 9.87. The van der Waals surface area contributed by atoms with Gasteiger partial charge in [0.15, 0.2) is 0 Å². The molecule has 1 spiro atoms. The number of ether oxygens (including phenoxy) is 1. The summed E-state index contributed by atoms with van der Waals surface area (Å²) in [6.07, 6.45) is 13.4. The lowest BCUT2D eigenvalue weighted by Crippen LogP contribution is -2.64. The van der Waals surface area contributed by atoms with Crippen molar-refractivity contribution < 1.29 is 9.84 Å². The highest BCUT2D eigenvalue weighted by Gasteiger charge is 2.56. The standard InChI is InChI=1S/C18H33NO2/c1-2-21-16-12-15(18(16)10-6-7-11-18)19-13-17(14-20)8-4-3-5-9-17/h15-16,19-20H,2-14H2,1H3. The first-order valence-corrected chi connectivity index (χ1v) is 9.21. The van der Waals surface area contributed by atoms with Crippen LogP contribution in [-0.2, 0) is 4.74 Å². The first-order chi connectivity index (χ1) is 10.2. The fourth-order valence-corrected chi connectivity index (χ4v) is 5.21. The molecule has 3 rings (SSSR count). The smallest absolute Gasteiger partial charge is 0.0661 e. The van der Waals surface area contributed by atoms with Crippen LogP contribution in [0.3, 0.4) is 0 Å². The molecule has 0 heterocycles. The number of hydrogen-bond acceptors (Lipinski definition) is 3. The molecule has 0 bridgehead atoms. The SMILES string of the molecule is CCOC1CC(NCC2(CO)CCCCC2)C12CCCC2. The van der Waals surface area contributed by atoms with Crippen LogP contribution in [0.4, 0.5) is 0 Å². The van der Waals surface area contributed by atoms with Gasteiger partial charge >= 0.3 is 0 Å². The average molecular weight is 295 g/mol. The lowest BCUT2D eigenvalue weighted by atomic mass is 9.60. The quantitative estimate of drug-likeness (QED) is 0.790. The molecule has 3 nitrogen and oxygen atoms in total. The Bertz CT molecular complexity index is 332. The van der Waals surface area contributed by atoms with Crippen molar-refractivity contribution >= 4 is 0 Å². The van der Waals surface area contributed by atoms with Crippen molar-refractivity contribution in [3.63, 3.8) is 0 Å². The highest BCUT2D eigenvalue weighted by atomic mass is 16.5. The minimum absolute atomic E-state index is 0.161. The van der Waals surface area contributed by atoms with E-state index >= 15 is 0 Å². The number of aliphatic hydroxyl groups is 1. The fraction of sp³-hybridized carbons (Fsp3) is 1.00. The largest absolute Gasteiger partial charge is 0.396 e. The summed E-state index contributed by atoms with van der Waals surface area (Å²) in [5.74, 6) is 0. The van der Waals surface area contributed by atoms with Gasteiger partial charge in [0.2, 0.25) is 0 Å². The average Bonchev–Trinajstić information content (AvgIpc) is 3.04. The Morgan fingerprint density at radius 3 is 2.33 bits per heavy atom. The molecule has 0 aliphatic heterocycles. The zero-order valence-electron chi connectivity index (χ0n) is 13.7. The zero-order valence-corrected chi connectivity index (χ0v) is 13.7. The van der Waals surface area contributed by atoms with E-state index in [1.165, 1.54) is 64.2 Å². The van der Waals surface area contributed by atoms with Gasteiger partial charge in [-0.1, -0.05) is 32.1 Å².